The minimum Gasteiger partial charge on any atom is -0.456 e. The van der Waals surface area contributed by atoms with Gasteiger partial charge in [0.2, 0.25) is 0 Å². The molecule has 0 saturated heterocycles. The van der Waals surface area contributed by atoms with E-state index in [0.717, 1.165) is 72.0 Å². The molecule has 0 atom stereocenters. The van der Waals surface area contributed by atoms with E-state index in [1.807, 2.05) is 97.1 Å². The van der Waals surface area contributed by atoms with E-state index in [4.69, 9.17) is 19.4 Å². The van der Waals surface area contributed by atoms with Gasteiger partial charge < -0.3 is 4.42 Å². The third-order valence-corrected chi connectivity index (χ3v) is 10.4. The minimum absolute atomic E-state index is 0.558. The van der Waals surface area contributed by atoms with E-state index in [2.05, 4.69) is 103 Å². The molecule has 0 aliphatic carbocycles. The maximum Gasteiger partial charge on any atom is 0.164 e. The molecular formula is C52H32N4O. The van der Waals surface area contributed by atoms with Gasteiger partial charge in [0, 0.05) is 27.5 Å². The van der Waals surface area contributed by atoms with Crippen LogP contribution in [0.3, 0.4) is 0 Å². The van der Waals surface area contributed by atoms with Crippen LogP contribution < -0.4 is 0 Å². The van der Waals surface area contributed by atoms with Crippen molar-refractivity contribution < 1.29 is 4.42 Å². The summed E-state index contributed by atoms with van der Waals surface area (Å²) in [6, 6.07) is 68.2. The molecule has 2 aromatic heterocycles. The number of hydrogen-bond donors (Lipinski definition) is 0. The second-order valence-electron chi connectivity index (χ2n) is 14.0. The van der Waals surface area contributed by atoms with Gasteiger partial charge in [-0.15, -0.1) is 0 Å². The highest BCUT2D eigenvalue weighted by atomic mass is 16.3. The van der Waals surface area contributed by atoms with Crippen LogP contribution in [0.15, 0.2) is 199 Å². The molecule has 10 rings (SSSR count). The lowest BCUT2D eigenvalue weighted by Crippen LogP contribution is -2.00. The van der Waals surface area contributed by atoms with Crippen molar-refractivity contribution in [2.75, 3.05) is 0 Å². The molecule has 57 heavy (non-hydrogen) atoms. The van der Waals surface area contributed by atoms with Gasteiger partial charge in [-0.3, -0.25) is 0 Å². The Morgan fingerprint density at radius 2 is 0.825 bits per heavy atom. The number of nitriles is 1. The lowest BCUT2D eigenvalue weighted by atomic mass is 9.96. The second kappa shape index (κ2) is 14.4. The lowest BCUT2D eigenvalue weighted by molar-refractivity contribution is 0.669. The number of benzene rings is 8. The lowest BCUT2D eigenvalue weighted by Gasteiger charge is -2.10. The SMILES string of the molecule is N#Cc1cccc(-c2cccc(-c3cccc(-c4nc(-c5ccccc5)nc(-c5ccc6c(c5)oc5cccc(-c7ccc(-c8ccccc8)cc7)c56)n4)c3)c2)c1. The van der Waals surface area contributed by atoms with Crippen LogP contribution in [0.2, 0.25) is 0 Å². The van der Waals surface area contributed by atoms with E-state index < -0.39 is 0 Å². The van der Waals surface area contributed by atoms with E-state index >= 15 is 0 Å². The number of hydrogen-bond acceptors (Lipinski definition) is 5. The summed E-state index contributed by atoms with van der Waals surface area (Å²) >= 11 is 0. The Labute approximate surface area is 329 Å². The first-order valence-electron chi connectivity index (χ1n) is 18.8. The molecule has 0 bridgehead atoms. The molecule has 5 nitrogen and oxygen atoms in total. The average molecular weight is 729 g/mol. The predicted molar refractivity (Wildman–Crippen MR) is 230 cm³/mol. The predicted octanol–water partition coefficient (Wildman–Crippen LogP) is 13.3. The fraction of sp³-hybridized carbons (Fsp3) is 0. The summed E-state index contributed by atoms with van der Waals surface area (Å²) in [6.45, 7) is 0. The number of rotatable bonds is 7. The topological polar surface area (TPSA) is 75.6 Å². The number of fused-ring (bicyclic) bond motifs is 3. The summed E-state index contributed by atoms with van der Waals surface area (Å²) in [5, 5.41) is 11.6. The molecule has 0 radical (unpaired) electrons. The van der Waals surface area contributed by atoms with Gasteiger partial charge in [-0.05, 0) is 87.0 Å². The Kier molecular flexibility index (Phi) is 8.48. The zero-order valence-electron chi connectivity index (χ0n) is 30.7. The Balaban J connectivity index is 1.04. The smallest absolute Gasteiger partial charge is 0.164 e. The summed E-state index contributed by atoms with van der Waals surface area (Å²) in [5.41, 5.74) is 13.6. The van der Waals surface area contributed by atoms with Crippen LogP contribution in [-0.4, -0.2) is 15.0 Å². The molecule has 0 unspecified atom stereocenters. The fourth-order valence-electron chi connectivity index (χ4n) is 7.51. The van der Waals surface area contributed by atoms with Crippen LogP contribution in [0.5, 0.6) is 0 Å². The molecule has 10 aromatic rings. The van der Waals surface area contributed by atoms with Gasteiger partial charge in [0.1, 0.15) is 11.2 Å². The van der Waals surface area contributed by atoms with E-state index in [0.29, 0.717) is 23.0 Å². The molecule has 0 fully saturated rings. The molecular weight excluding hydrogens is 697 g/mol. The second-order valence-corrected chi connectivity index (χ2v) is 14.0. The molecule has 0 N–H and O–H groups in total. The van der Waals surface area contributed by atoms with Crippen LogP contribution in [0, 0.1) is 11.3 Å². The van der Waals surface area contributed by atoms with Crippen molar-refractivity contribution in [2.24, 2.45) is 0 Å². The molecule has 8 aromatic carbocycles. The van der Waals surface area contributed by atoms with Crippen molar-refractivity contribution in [3.05, 3.63) is 200 Å². The minimum atomic E-state index is 0.558. The van der Waals surface area contributed by atoms with Crippen molar-refractivity contribution in [3.8, 4) is 84.7 Å². The quantitative estimate of drug-likeness (QED) is 0.163. The molecule has 0 spiro atoms. The summed E-state index contributed by atoms with van der Waals surface area (Å²) in [5.74, 6) is 1.72. The van der Waals surface area contributed by atoms with Gasteiger partial charge in [-0.1, -0.05) is 152 Å². The van der Waals surface area contributed by atoms with E-state index in [9.17, 15) is 5.26 Å². The molecule has 0 saturated carbocycles. The third-order valence-electron chi connectivity index (χ3n) is 10.4. The van der Waals surface area contributed by atoms with Crippen molar-refractivity contribution >= 4 is 21.9 Å². The number of nitrogens with zero attached hydrogens (tertiary/aromatic N) is 4. The Morgan fingerprint density at radius 1 is 0.351 bits per heavy atom. The van der Waals surface area contributed by atoms with Crippen LogP contribution >= 0.6 is 0 Å². The summed E-state index contributed by atoms with van der Waals surface area (Å²) in [6.07, 6.45) is 0. The normalized spacial score (nSPS) is 11.1. The van der Waals surface area contributed by atoms with Crippen LogP contribution in [0.1, 0.15) is 5.56 Å². The van der Waals surface area contributed by atoms with Crippen molar-refractivity contribution in [1.82, 2.24) is 15.0 Å². The molecule has 2 heterocycles. The van der Waals surface area contributed by atoms with Crippen LogP contribution in [-0.2, 0) is 0 Å². The summed E-state index contributed by atoms with van der Waals surface area (Å²) in [4.78, 5) is 15.1. The zero-order chi connectivity index (χ0) is 38.1. The van der Waals surface area contributed by atoms with Crippen molar-refractivity contribution in [1.29, 1.82) is 5.26 Å². The molecule has 0 aliphatic rings. The van der Waals surface area contributed by atoms with Crippen molar-refractivity contribution in [2.45, 2.75) is 0 Å². The van der Waals surface area contributed by atoms with Gasteiger partial charge in [-0.2, -0.15) is 5.26 Å². The molecule has 0 amide bonds. The van der Waals surface area contributed by atoms with E-state index in [1.165, 1.54) is 11.1 Å². The Morgan fingerprint density at radius 3 is 1.49 bits per heavy atom. The fourth-order valence-corrected chi connectivity index (χ4v) is 7.51. The van der Waals surface area contributed by atoms with Crippen LogP contribution in [0.4, 0.5) is 0 Å². The first-order valence-corrected chi connectivity index (χ1v) is 18.8. The van der Waals surface area contributed by atoms with Gasteiger partial charge >= 0.3 is 0 Å². The maximum absolute atomic E-state index is 9.46. The number of aromatic nitrogens is 3. The first-order chi connectivity index (χ1) is 28.2. The van der Waals surface area contributed by atoms with Gasteiger partial charge in [0.05, 0.1) is 11.6 Å². The average Bonchev–Trinajstić information content (AvgIpc) is 3.68. The molecule has 5 heteroatoms. The third kappa shape index (κ3) is 6.52. The Hall–Kier alpha value is -7.94. The highest BCUT2D eigenvalue weighted by molar-refractivity contribution is 6.13. The highest BCUT2D eigenvalue weighted by Gasteiger charge is 2.17. The molecule has 0 aliphatic heterocycles. The summed E-state index contributed by atoms with van der Waals surface area (Å²) in [7, 11) is 0. The summed E-state index contributed by atoms with van der Waals surface area (Å²) < 4.78 is 6.53. The van der Waals surface area contributed by atoms with Gasteiger partial charge in [0.25, 0.3) is 0 Å². The highest BCUT2D eigenvalue weighted by Crippen LogP contribution is 2.39. The standard InChI is InChI=1S/C52H32N4O/c53-33-34-11-7-16-39(29-34)40-17-8-18-41(30-40)42-19-9-20-43(31-42)51-54-50(38-14-5-2-6-15-38)55-52(56-51)44-27-28-46-48(32-44)57-47-22-10-21-45(49(46)47)37-25-23-36(24-26-37)35-12-3-1-4-13-35/h1-32H. The largest absolute Gasteiger partial charge is 0.456 e. The van der Waals surface area contributed by atoms with E-state index in [1.54, 1.807) is 0 Å². The maximum atomic E-state index is 9.46. The number of furan rings is 1. The van der Waals surface area contributed by atoms with Gasteiger partial charge in [-0.25, -0.2) is 15.0 Å². The zero-order valence-corrected chi connectivity index (χ0v) is 30.7. The van der Waals surface area contributed by atoms with E-state index in [-0.39, 0.29) is 0 Å². The molecule has 266 valence electrons. The van der Waals surface area contributed by atoms with Crippen LogP contribution in [0.25, 0.3) is 101 Å². The first kappa shape index (κ1) is 33.6. The monoisotopic (exact) mass is 728 g/mol. The van der Waals surface area contributed by atoms with Crippen molar-refractivity contribution in [3.63, 3.8) is 0 Å². The Bertz CT molecular complexity index is 3130. The van der Waals surface area contributed by atoms with Gasteiger partial charge in [0.15, 0.2) is 17.5 Å².